The van der Waals surface area contributed by atoms with Crippen LogP contribution in [0.3, 0.4) is 0 Å². The molecule has 0 saturated heterocycles. The normalized spacial score (nSPS) is 12.8. The van der Waals surface area contributed by atoms with E-state index in [1.54, 1.807) is 6.33 Å². The Morgan fingerprint density at radius 3 is 2.56 bits per heavy atom. The number of benzene rings is 1. The number of rotatable bonds is 2. The van der Waals surface area contributed by atoms with Gasteiger partial charge < -0.3 is 9.67 Å². The average molecular weight is 216 g/mol. The van der Waals surface area contributed by atoms with Gasteiger partial charge in [0.25, 0.3) is 0 Å². The molecule has 1 heterocycles. The lowest BCUT2D eigenvalue weighted by Crippen LogP contribution is -2.00. The van der Waals surface area contributed by atoms with Crippen LogP contribution in [0.2, 0.25) is 0 Å². The molecule has 1 unspecified atom stereocenters. The predicted molar refractivity (Wildman–Crippen MR) is 63.2 cm³/mol. The van der Waals surface area contributed by atoms with Gasteiger partial charge in [-0.25, -0.2) is 4.98 Å². The lowest BCUT2D eigenvalue weighted by atomic mass is 10.0. The first-order valence-corrected chi connectivity index (χ1v) is 5.31. The molecule has 2 aromatic rings. The average Bonchev–Trinajstić information content (AvgIpc) is 2.68. The molecule has 1 atom stereocenters. The summed E-state index contributed by atoms with van der Waals surface area (Å²) in [5, 5.41) is 10.1. The molecule has 0 spiro atoms. The molecule has 3 nitrogen and oxygen atoms in total. The molecule has 0 aliphatic rings. The number of hydrogen-bond acceptors (Lipinski definition) is 2. The molecule has 84 valence electrons. The van der Waals surface area contributed by atoms with Crippen molar-refractivity contribution in [1.29, 1.82) is 0 Å². The van der Waals surface area contributed by atoms with Crippen molar-refractivity contribution in [3.8, 4) is 0 Å². The Hall–Kier alpha value is -1.61. The Bertz CT molecular complexity index is 502. The Morgan fingerprint density at radius 1 is 1.25 bits per heavy atom. The maximum Gasteiger partial charge on any atom is 0.123 e. The molecule has 0 fully saturated rings. The van der Waals surface area contributed by atoms with Gasteiger partial charge in [-0.3, -0.25) is 0 Å². The van der Waals surface area contributed by atoms with Gasteiger partial charge >= 0.3 is 0 Å². The van der Waals surface area contributed by atoms with Gasteiger partial charge in [-0.05, 0) is 30.5 Å². The third-order valence-corrected chi connectivity index (χ3v) is 2.85. The van der Waals surface area contributed by atoms with E-state index < -0.39 is 6.10 Å². The van der Waals surface area contributed by atoms with Gasteiger partial charge in [0.1, 0.15) is 6.10 Å². The van der Waals surface area contributed by atoms with Gasteiger partial charge in [-0.2, -0.15) is 0 Å². The van der Waals surface area contributed by atoms with Crippen molar-refractivity contribution in [2.45, 2.75) is 20.0 Å². The smallest absolute Gasteiger partial charge is 0.123 e. The van der Waals surface area contributed by atoms with E-state index >= 15 is 0 Å². The van der Waals surface area contributed by atoms with Crippen molar-refractivity contribution in [1.82, 2.24) is 9.55 Å². The molecular weight excluding hydrogens is 200 g/mol. The van der Waals surface area contributed by atoms with Crippen molar-refractivity contribution in [2.75, 3.05) is 0 Å². The standard InChI is InChI=1S/C13H16N2O/c1-9-4-5-11(6-10(9)2)13(16)12-7-15(3)8-14-12/h4-8,13,16H,1-3H3. The molecule has 0 saturated carbocycles. The van der Waals surface area contributed by atoms with Gasteiger partial charge in [0.15, 0.2) is 0 Å². The fourth-order valence-electron chi connectivity index (χ4n) is 1.68. The highest BCUT2D eigenvalue weighted by molar-refractivity contribution is 5.33. The van der Waals surface area contributed by atoms with Crippen LogP contribution in [0.15, 0.2) is 30.7 Å². The maximum absolute atomic E-state index is 10.1. The minimum absolute atomic E-state index is 0.638. The molecule has 3 heteroatoms. The van der Waals surface area contributed by atoms with Crippen LogP contribution in [0.4, 0.5) is 0 Å². The Morgan fingerprint density at radius 2 is 2.00 bits per heavy atom. The van der Waals surface area contributed by atoms with Crippen molar-refractivity contribution >= 4 is 0 Å². The maximum atomic E-state index is 10.1. The molecule has 1 N–H and O–H groups in total. The van der Waals surface area contributed by atoms with E-state index in [4.69, 9.17) is 0 Å². The van der Waals surface area contributed by atoms with Crippen LogP contribution in [0.5, 0.6) is 0 Å². The van der Waals surface area contributed by atoms with Crippen molar-refractivity contribution in [3.05, 3.63) is 53.1 Å². The molecule has 2 rings (SSSR count). The molecule has 1 aromatic carbocycles. The fourth-order valence-corrected chi connectivity index (χ4v) is 1.68. The Balaban J connectivity index is 2.33. The Kier molecular flexibility index (Phi) is 2.79. The molecule has 1 aromatic heterocycles. The Labute approximate surface area is 95.4 Å². The summed E-state index contributed by atoms with van der Waals surface area (Å²) in [5.41, 5.74) is 4.00. The van der Waals surface area contributed by atoms with Crippen LogP contribution in [0.1, 0.15) is 28.5 Å². The number of aliphatic hydroxyl groups excluding tert-OH is 1. The summed E-state index contributed by atoms with van der Waals surface area (Å²) in [5.74, 6) is 0. The number of aryl methyl sites for hydroxylation is 3. The molecule has 16 heavy (non-hydrogen) atoms. The number of nitrogens with zero attached hydrogens (tertiary/aromatic N) is 2. The van der Waals surface area contributed by atoms with Crippen LogP contribution < -0.4 is 0 Å². The van der Waals surface area contributed by atoms with Crippen LogP contribution >= 0.6 is 0 Å². The molecule has 0 amide bonds. The SMILES string of the molecule is Cc1ccc(C(O)c2cn(C)cn2)cc1C. The van der Waals surface area contributed by atoms with Gasteiger partial charge in [-0.15, -0.1) is 0 Å². The number of imidazole rings is 1. The van der Waals surface area contributed by atoms with Gasteiger partial charge in [0.2, 0.25) is 0 Å². The highest BCUT2D eigenvalue weighted by Gasteiger charge is 2.13. The first-order chi connectivity index (χ1) is 7.58. The van der Waals surface area contributed by atoms with E-state index in [-0.39, 0.29) is 0 Å². The summed E-state index contributed by atoms with van der Waals surface area (Å²) in [7, 11) is 1.89. The summed E-state index contributed by atoms with van der Waals surface area (Å²) in [6.07, 6.45) is 2.89. The predicted octanol–water partition coefficient (Wildman–Crippen LogP) is 2.12. The summed E-state index contributed by atoms with van der Waals surface area (Å²) in [6.45, 7) is 4.11. The molecule has 0 aliphatic carbocycles. The summed E-state index contributed by atoms with van der Waals surface area (Å²) >= 11 is 0. The van der Waals surface area contributed by atoms with E-state index in [2.05, 4.69) is 11.9 Å². The number of aliphatic hydroxyl groups is 1. The second-order valence-electron chi connectivity index (χ2n) is 4.21. The quantitative estimate of drug-likeness (QED) is 0.835. The van der Waals surface area contributed by atoms with Crippen LogP contribution in [-0.4, -0.2) is 14.7 Å². The van der Waals surface area contributed by atoms with Crippen LogP contribution in [0, 0.1) is 13.8 Å². The highest BCUT2D eigenvalue weighted by atomic mass is 16.3. The minimum atomic E-state index is -0.638. The second-order valence-corrected chi connectivity index (χ2v) is 4.21. The van der Waals surface area contributed by atoms with E-state index in [9.17, 15) is 5.11 Å². The molecular formula is C13H16N2O. The highest BCUT2D eigenvalue weighted by Crippen LogP contribution is 2.22. The van der Waals surface area contributed by atoms with E-state index in [0.717, 1.165) is 5.56 Å². The summed E-state index contributed by atoms with van der Waals surface area (Å²) in [6, 6.07) is 5.98. The lowest BCUT2D eigenvalue weighted by molar-refractivity contribution is 0.215. The third-order valence-electron chi connectivity index (χ3n) is 2.85. The fraction of sp³-hybridized carbons (Fsp3) is 0.308. The zero-order valence-corrected chi connectivity index (χ0v) is 9.81. The second kappa shape index (κ2) is 4.10. The van der Waals surface area contributed by atoms with E-state index in [0.29, 0.717) is 5.69 Å². The molecule has 0 bridgehead atoms. The van der Waals surface area contributed by atoms with E-state index in [1.807, 2.05) is 42.9 Å². The summed E-state index contributed by atoms with van der Waals surface area (Å²) < 4.78 is 1.83. The van der Waals surface area contributed by atoms with Crippen molar-refractivity contribution in [3.63, 3.8) is 0 Å². The van der Waals surface area contributed by atoms with E-state index in [1.165, 1.54) is 11.1 Å². The molecule has 0 aliphatic heterocycles. The van der Waals surface area contributed by atoms with Gasteiger partial charge in [-0.1, -0.05) is 18.2 Å². The lowest BCUT2D eigenvalue weighted by Gasteiger charge is -2.10. The largest absolute Gasteiger partial charge is 0.382 e. The minimum Gasteiger partial charge on any atom is -0.382 e. The first kappa shape index (κ1) is 10.9. The number of hydrogen-bond donors (Lipinski definition) is 1. The summed E-state index contributed by atoms with van der Waals surface area (Å²) in [4.78, 5) is 4.16. The van der Waals surface area contributed by atoms with Crippen molar-refractivity contribution < 1.29 is 5.11 Å². The first-order valence-electron chi connectivity index (χ1n) is 5.31. The van der Waals surface area contributed by atoms with Gasteiger partial charge in [0.05, 0.1) is 12.0 Å². The number of aromatic nitrogens is 2. The topological polar surface area (TPSA) is 38.0 Å². The third kappa shape index (κ3) is 1.99. The monoisotopic (exact) mass is 216 g/mol. The zero-order chi connectivity index (χ0) is 11.7. The van der Waals surface area contributed by atoms with Gasteiger partial charge in [0, 0.05) is 13.2 Å². The van der Waals surface area contributed by atoms with Crippen molar-refractivity contribution in [2.24, 2.45) is 7.05 Å². The zero-order valence-electron chi connectivity index (χ0n) is 9.81. The molecule has 0 radical (unpaired) electrons. The van der Waals surface area contributed by atoms with Crippen LogP contribution in [-0.2, 0) is 7.05 Å². The van der Waals surface area contributed by atoms with Crippen LogP contribution in [0.25, 0.3) is 0 Å².